The minimum Gasteiger partial charge on any atom is -0.494 e. The van der Waals surface area contributed by atoms with Gasteiger partial charge in [0.05, 0.1) is 23.8 Å². The Morgan fingerprint density at radius 3 is 2.47 bits per heavy atom. The first-order chi connectivity index (χ1) is 8.81. The average molecular weight is 268 g/mol. The van der Waals surface area contributed by atoms with Gasteiger partial charge in [0.1, 0.15) is 11.4 Å². The van der Waals surface area contributed by atoms with Crippen molar-refractivity contribution in [2.45, 2.75) is 19.4 Å². The van der Waals surface area contributed by atoms with E-state index in [1.54, 1.807) is 13.8 Å². The lowest BCUT2D eigenvalue weighted by atomic mass is 10.1. The summed E-state index contributed by atoms with van der Waals surface area (Å²) in [5, 5.41) is 13.3. The van der Waals surface area contributed by atoms with E-state index < -0.39 is 10.5 Å². The van der Waals surface area contributed by atoms with Crippen LogP contribution in [-0.4, -0.2) is 30.7 Å². The van der Waals surface area contributed by atoms with E-state index in [9.17, 15) is 14.9 Å². The van der Waals surface area contributed by atoms with Crippen LogP contribution in [0.15, 0.2) is 18.2 Å². The first-order valence-corrected chi connectivity index (χ1v) is 5.51. The molecule has 0 aromatic heterocycles. The topological polar surface area (TPSA) is 90.7 Å². The van der Waals surface area contributed by atoms with Crippen molar-refractivity contribution in [3.63, 3.8) is 0 Å². The van der Waals surface area contributed by atoms with Crippen LogP contribution in [0.4, 0.5) is 11.4 Å². The van der Waals surface area contributed by atoms with Gasteiger partial charge in [-0.2, -0.15) is 0 Å². The van der Waals surface area contributed by atoms with Crippen LogP contribution < -0.4 is 10.1 Å². The third kappa shape index (κ3) is 3.41. The molecule has 0 saturated heterocycles. The van der Waals surface area contributed by atoms with Crippen LogP contribution in [0.5, 0.6) is 5.75 Å². The molecule has 0 aliphatic heterocycles. The summed E-state index contributed by atoms with van der Waals surface area (Å²) in [6.45, 7) is 3.22. The summed E-state index contributed by atoms with van der Waals surface area (Å²) in [6, 6.07) is 3.95. The Kier molecular flexibility index (Phi) is 4.44. The van der Waals surface area contributed by atoms with Gasteiger partial charge >= 0.3 is 0 Å². The summed E-state index contributed by atoms with van der Waals surface area (Å²) in [5.74, 6) is -0.156. The van der Waals surface area contributed by atoms with Crippen LogP contribution in [0, 0.1) is 10.1 Å². The first kappa shape index (κ1) is 14.9. The number of rotatable bonds is 5. The van der Waals surface area contributed by atoms with Crippen LogP contribution in [0.2, 0.25) is 0 Å². The molecule has 104 valence electrons. The van der Waals surface area contributed by atoms with E-state index in [1.165, 1.54) is 32.4 Å². The second kappa shape index (κ2) is 5.66. The molecule has 1 amide bonds. The van der Waals surface area contributed by atoms with Gasteiger partial charge in [-0.15, -0.1) is 0 Å². The van der Waals surface area contributed by atoms with Gasteiger partial charge in [-0.25, -0.2) is 0 Å². The number of hydrogen-bond acceptors (Lipinski definition) is 5. The number of non-ortho nitro benzene ring substituents is 1. The number of amides is 1. The van der Waals surface area contributed by atoms with E-state index in [4.69, 9.17) is 9.47 Å². The maximum atomic E-state index is 11.9. The maximum absolute atomic E-state index is 11.9. The monoisotopic (exact) mass is 268 g/mol. The summed E-state index contributed by atoms with van der Waals surface area (Å²) < 4.78 is 10.1. The molecule has 0 atom stereocenters. The molecule has 0 saturated carbocycles. The molecular weight excluding hydrogens is 252 g/mol. The highest BCUT2D eigenvalue weighted by Crippen LogP contribution is 2.29. The normalized spacial score (nSPS) is 10.9. The quantitative estimate of drug-likeness (QED) is 0.651. The average Bonchev–Trinajstić information content (AvgIpc) is 2.38. The van der Waals surface area contributed by atoms with Crippen molar-refractivity contribution in [3.8, 4) is 5.75 Å². The lowest BCUT2D eigenvalue weighted by Crippen LogP contribution is -2.38. The molecule has 0 radical (unpaired) electrons. The summed E-state index contributed by atoms with van der Waals surface area (Å²) in [7, 11) is 2.79. The Labute approximate surface area is 110 Å². The minimum atomic E-state index is -1.01. The Bertz CT molecular complexity index is 499. The molecule has 7 nitrogen and oxygen atoms in total. The van der Waals surface area contributed by atoms with Crippen LogP contribution in [-0.2, 0) is 9.53 Å². The lowest BCUT2D eigenvalue weighted by Gasteiger charge is -2.22. The number of nitro benzene ring substituents is 1. The van der Waals surface area contributed by atoms with Gasteiger partial charge in [-0.05, 0) is 19.9 Å². The largest absolute Gasteiger partial charge is 0.494 e. The number of anilines is 1. The molecular formula is C12H16N2O5. The van der Waals surface area contributed by atoms with Crippen LogP contribution in [0.1, 0.15) is 13.8 Å². The van der Waals surface area contributed by atoms with E-state index in [1.807, 2.05) is 0 Å². The summed E-state index contributed by atoms with van der Waals surface area (Å²) in [5.41, 5.74) is -0.767. The van der Waals surface area contributed by atoms with Gasteiger partial charge in [0.15, 0.2) is 0 Å². The molecule has 7 heteroatoms. The van der Waals surface area contributed by atoms with E-state index in [2.05, 4.69) is 5.32 Å². The Morgan fingerprint density at radius 1 is 1.37 bits per heavy atom. The predicted octanol–water partition coefficient (Wildman–Crippen LogP) is 1.97. The van der Waals surface area contributed by atoms with Crippen molar-refractivity contribution in [3.05, 3.63) is 28.3 Å². The van der Waals surface area contributed by atoms with Gasteiger partial charge in [0.25, 0.3) is 11.6 Å². The van der Waals surface area contributed by atoms with Crippen molar-refractivity contribution in [2.75, 3.05) is 19.5 Å². The fraction of sp³-hybridized carbons (Fsp3) is 0.417. The molecule has 0 aliphatic carbocycles. The molecule has 0 unspecified atom stereocenters. The number of nitrogens with one attached hydrogen (secondary N) is 1. The fourth-order valence-corrected chi connectivity index (χ4v) is 1.26. The van der Waals surface area contributed by atoms with E-state index >= 15 is 0 Å². The zero-order valence-electron chi connectivity index (χ0n) is 11.2. The number of methoxy groups -OCH3 is 2. The van der Waals surface area contributed by atoms with Gasteiger partial charge in [0.2, 0.25) is 0 Å². The molecule has 1 aromatic carbocycles. The van der Waals surface area contributed by atoms with Crippen LogP contribution in [0.3, 0.4) is 0 Å². The summed E-state index contributed by atoms with van der Waals surface area (Å²) in [4.78, 5) is 22.0. The fourth-order valence-electron chi connectivity index (χ4n) is 1.26. The zero-order chi connectivity index (χ0) is 14.6. The molecule has 0 heterocycles. The standard InChI is InChI=1S/C12H16N2O5/c1-12(2,19-4)11(15)13-9-6-5-8(14(16)17)7-10(9)18-3/h5-7H,1-4H3,(H,13,15). The Hall–Kier alpha value is -2.15. The first-order valence-electron chi connectivity index (χ1n) is 5.51. The zero-order valence-corrected chi connectivity index (χ0v) is 11.2. The van der Waals surface area contributed by atoms with Crippen molar-refractivity contribution >= 4 is 17.3 Å². The molecule has 1 N–H and O–H groups in total. The molecule has 1 aromatic rings. The molecule has 1 rings (SSSR count). The van der Waals surface area contributed by atoms with Crippen molar-refractivity contribution in [1.82, 2.24) is 0 Å². The highest BCUT2D eigenvalue weighted by molar-refractivity contribution is 5.98. The van der Waals surface area contributed by atoms with Gasteiger partial charge in [-0.3, -0.25) is 14.9 Å². The van der Waals surface area contributed by atoms with Gasteiger partial charge in [-0.1, -0.05) is 0 Å². The number of carbonyl (C=O) groups is 1. The third-order valence-corrected chi connectivity index (χ3v) is 2.70. The van der Waals surface area contributed by atoms with Crippen molar-refractivity contribution in [1.29, 1.82) is 0 Å². The third-order valence-electron chi connectivity index (χ3n) is 2.70. The Balaban J connectivity index is 3.02. The summed E-state index contributed by atoms with van der Waals surface area (Å²) >= 11 is 0. The maximum Gasteiger partial charge on any atom is 0.273 e. The predicted molar refractivity (Wildman–Crippen MR) is 69.4 cm³/mol. The molecule has 19 heavy (non-hydrogen) atoms. The number of ether oxygens (including phenoxy) is 2. The highest BCUT2D eigenvalue weighted by atomic mass is 16.6. The van der Waals surface area contributed by atoms with E-state index in [0.29, 0.717) is 5.69 Å². The van der Waals surface area contributed by atoms with Crippen molar-refractivity contribution < 1.29 is 19.2 Å². The minimum absolute atomic E-state index is 0.110. The highest BCUT2D eigenvalue weighted by Gasteiger charge is 2.28. The van der Waals surface area contributed by atoms with E-state index in [0.717, 1.165) is 0 Å². The number of carbonyl (C=O) groups excluding carboxylic acids is 1. The number of hydrogen-bond donors (Lipinski definition) is 1. The van der Waals surface area contributed by atoms with E-state index in [-0.39, 0.29) is 17.3 Å². The lowest BCUT2D eigenvalue weighted by molar-refractivity contribution is -0.384. The second-order valence-electron chi connectivity index (χ2n) is 4.31. The Morgan fingerprint density at radius 2 is 2.00 bits per heavy atom. The van der Waals surface area contributed by atoms with Crippen molar-refractivity contribution in [2.24, 2.45) is 0 Å². The number of nitrogens with zero attached hydrogens (tertiary/aromatic N) is 1. The second-order valence-corrected chi connectivity index (χ2v) is 4.31. The smallest absolute Gasteiger partial charge is 0.273 e. The van der Waals surface area contributed by atoms with Gasteiger partial charge < -0.3 is 14.8 Å². The van der Waals surface area contributed by atoms with Gasteiger partial charge in [0, 0.05) is 13.2 Å². The van der Waals surface area contributed by atoms with Crippen LogP contribution in [0.25, 0.3) is 0 Å². The SMILES string of the molecule is COc1cc([N+](=O)[O-])ccc1NC(=O)C(C)(C)OC. The molecule has 0 bridgehead atoms. The number of nitro groups is 1. The molecule has 0 fully saturated rings. The van der Waals surface area contributed by atoms with Crippen LogP contribution >= 0.6 is 0 Å². The molecule has 0 aliphatic rings. The molecule has 0 spiro atoms. The number of benzene rings is 1. The summed E-state index contributed by atoms with van der Waals surface area (Å²) in [6.07, 6.45) is 0.